The van der Waals surface area contributed by atoms with E-state index in [1.165, 1.54) is 30.6 Å². The van der Waals surface area contributed by atoms with Crippen molar-refractivity contribution >= 4 is 0 Å². The van der Waals surface area contributed by atoms with Gasteiger partial charge in [-0.05, 0) is 38.4 Å². The predicted molar refractivity (Wildman–Crippen MR) is 117 cm³/mol. The van der Waals surface area contributed by atoms with Crippen LogP contribution in [0.4, 0.5) is 0 Å². The first-order valence-electron chi connectivity index (χ1n) is 10.9. The van der Waals surface area contributed by atoms with Crippen LogP contribution in [0, 0.1) is 11.8 Å². The molecular weight excluding hydrogens is 362 g/mol. The Morgan fingerprint density at radius 1 is 0.966 bits per heavy atom. The maximum atomic E-state index is 10.0. The summed E-state index contributed by atoms with van der Waals surface area (Å²) >= 11 is 0. The van der Waals surface area contributed by atoms with Crippen LogP contribution in [0.2, 0.25) is 0 Å². The molecule has 3 heterocycles. The van der Waals surface area contributed by atoms with E-state index < -0.39 is 0 Å². The van der Waals surface area contributed by atoms with Gasteiger partial charge in [0.15, 0.2) is 0 Å². The zero-order valence-corrected chi connectivity index (χ0v) is 17.9. The number of aliphatic hydroxyl groups excluding tert-OH is 1. The van der Waals surface area contributed by atoms with E-state index in [2.05, 4.69) is 52.2 Å². The highest BCUT2D eigenvalue weighted by Crippen LogP contribution is 2.29. The molecule has 0 radical (unpaired) electrons. The number of hydrogen-bond donors (Lipinski definition) is 1. The molecule has 2 aliphatic rings. The van der Waals surface area contributed by atoms with E-state index in [0.717, 1.165) is 45.0 Å². The first-order chi connectivity index (χ1) is 14.1. The molecule has 2 atom stereocenters. The molecule has 0 saturated carbocycles. The van der Waals surface area contributed by atoms with Crippen LogP contribution >= 0.6 is 0 Å². The Hall–Kier alpha value is -1.73. The minimum Gasteiger partial charge on any atom is -0.396 e. The van der Waals surface area contributed by atoms with Crippen molar-refractivity contribution in [2.24, 2.45) is 18.9 Å². The minimum absolute atomic E-state index is 0.285. The number of rotatable bonds is 6. The van der Waals surface area contributed by atoms with Gasteiger partial charge in [0.1, 0.15) is 0 Å². The highest BCUT2D eigenvalue weighted by Gasteiger charge is 2.34. The molecular formula is C23H35N5O. The zero-order chi connectivity index (χ0) is 20.2. The van der Waals surface area contributed by atoms with Crippen molar-refractivity contribution in [3.05, 3.63) is 42.1 Å². The molecule has 2 unspecified atom stereocenters. The molecule has 0 aliphatic carbocycles. The van der Waals surface area contributed by atoms with Gasteiger partial charge in [0.2, 0.25) is 0 Å². The summed E-state index contributed by atoms with van der Waals surface area (Å²) in [6, 6.07) is 10.4. The number of aromatic nitrogens is 2. The summed E-state index contributed by atoms with van der Waals surface area (Å²) in [5, 5.41) is 14.7. The zero-order valence-electron chi connectivity index (χ0n) is 17.9. The summed E-state index contributed by atoms with van der Waals surface area (Å²) in [5.41, 5.74) is 3.52. The number of aliphatic hydroxyl groups is 1. The Bertz CT molecular complexity index is 777. The van der Waals surface area contributed by atoms with Crippen molar-refractivity contribution in [1.29, 1.82) is 0 Å². The summed E-state index contributed by atoms with van der Waals surface area (Å²) in [4.78, 5) is 7.55. The Labute approximate surface area is 174 Å². The van der Waals surface area contributed by atoms with Crippen molar-refractivity contribution in [3.63, 3.8) is 0 Å². The van der Waals surface area contributed by atoms with Gasteiger partial charge < -0.3 is 14.9 Å². The molecule has 158 valence electrons. The van der Waals surface area contributed by atoms with Crippen LogP contribution in [-0.2, 0) is 13.6 Å². The van der Waals surface area contributed by atoms with E-state index in [-0.39, 0.29) is 6.61 Å². The topological polar surface area (TPSA) is 47.8 Å². The third-order valence-corrected chi connectivity index (χ3v) is 6.54. The van der Waals surface area contributed by atoms with Crippen LogP contribution in [0.3, 0.4) is 0 Å². The van der Waals surface area contributed by atoms with Crippen molar-refractivity contribution in [1.82, 2.24) is 24.5 Å². The second-order valence-corrected chi connectivity index (χ2v) is 8.90. The van der Waals surface area contributed by atoms with Gasteiger partial charge in [0, 0.05) is 70.2 Å². The Morgan fingerprint density at radius 2 is 1.76 bits per heavy atom. The smallest absolute Gasteiger partial charge is 0.0968 e. The van der Waals surface area contributed by atoms with Crippen molar-refractivity contribution in [2.75, 3.05) is 59.5 Å². The number of aryl methyl sites for hydroxylation is 1. The first-order valence-corrected chi connectivity index (χ1v) is 10.9. The molecule has 29 heavy (non-hydrogen) atoms. The first kappa shape index (κ1) is 20.5. The Balaban J connectivity index is 1.42. The molecule has 2 fully saturated rings. The second-order valence-electron chi connectivity index (χ2n) is 8.90. The average molecular weight is 398 g/mol. The third kappa shape index (κ3) is 5.07. The van der Waals surface area contributed by atoms with Crippen LogP contribution in [0.25, 0.3) is 11.3 Å². The molecule has 6 nitrogen and oxygen atoms in total. The molecule has 1 N–H and O–H groups in total. The van der Waals surface area contributed by atoms with Gasteiger partial charge in [-0.25, -0.2) is 0 Å². The summed E-state index contributed by atoms with van der Waals surface area (Å²) < 4.78 is 1.92. The standard InChI is InChI=1S/C23H35N5O/c1-25-9-6-10-27(12-11-25)14-20-15-28(17-22(20)18-29)16-21-13-26(2)24-23(21)19-7-4-3-5-8-19/h3-5,7-8,13,20,22,29H,6,9-12,14-18H2,1-2H3. The van der Waals surface area contributed by atoms with Gasteiger partial charge in [-0.1, -0.05) is 30.3 Å². The summed E-state index contributed by atoms with van der Waals surface area (Å²) in [5.74, 6) is 0.910. The summed E-state index contributed by atoms with van der Waals surface area (Å²) in [7, 11) is 4.21. The maximum Gasteiger partial charge on any atom is 0.0968 e. The fourth-order valence-corrected chi connectivity index (χ4v) is 4.93. The molecule has 0 bridgehead atoms. The van der Waals surface area contributed by atoms with Gasteiger partial charge in [-0.3, -0.25) is 9.58 Å². The molecule has 2 saturated heterocycles. The Kier molecular flexibility index (Phi) is 6.65. The lowest BCUT2D eigenvalue weighted by Gasteiger charge is -2.26. The molecule has 0 amide bonds. The van der Waals surface area contributed by atoms with Gasteiger partial charge in [-0.15, -0.1) is 0 Å². The lowest BCUT2D eigenvalue weighted by molar-refractivity contribution is 0.165. The number of nitrogens with zero attached hydrogens (tertiary/aromatic N) is 5. The number of benzene rings is 1. The highest BCUT2D eigenvalue weighted by molar-refractivity contribution is 5.62. The van der Waals surface area contributed by atoms with Crippen LogP contribution < -0.4 is 0 Å². The van der Waals surface area contributed by atoms with E-state index in [9.17, 15) is 5.11 Å². The van der Waals surface area contributed by atoms with Crippen LogP contribution in [0.1, 0.15) is 12.0 Å². The van der Waals surface area contributed by atoms with Gasteiger partial charge in [0.25, 0.3) is 0 Å². The maximum absolute atomic E-state index is 10.0. The Morgan fingerprint density at radius 3 is 2.55 bits per heavy atom. The summed E-state index contributed by atoms with van der Waals surface area (Å²) in [6.45, 7) is 8.98. The van der Waals surface area contributed by atoms with E-state index in [0.29, 0.717) is 11.8 Å². The normalized spacial score (nSPS) is 24.8. The fourth-order valence-electron chi connectivity index (χ4n) is 4.93. The van der Waals surface area contributed by atoms with E-state index in [4.69, 9.17) is 5.10 Å². The highest BCUT2D eigenvalue weighted by atomic mass is 16.3. The molecule has 4 rings (SSSR count). The molecule has 2 aromatic rings. The van der Waals surface area contributed by atoms with E-state index >= 15 is 0 Å². The second kappa shape index (κ2) is 9.39. The molecule has 1 aromatic heterocycles. The SMILES string of the molecule is CN1CCCN(CC2CN(Cc3cn(C)nc3-c3ccccc3)CC2CO)CC1. The molecule has 2 aliphatic heterocycles. The van der Waals surface area contributed by atoms with Gasteiger partial charge in [-0.2, -0.15) is 5.10 Å². The van der Waals surface area contributed by atoms with Crippen LogP contribution in [-0.4, -0.2) is 89.1 Å². The van der Waals surface area contributed by atoms with E-state index in [1.807, 2.05) is 17.8 Å². The van der Waals surface area contributed by atoms with Gasteiger partial charge >= 0.3 is 0 Å². The third-order valence-electron chi connectivity index (χ3n) is 6.54. The number of hydrogen-bond acceptors (Lipinski definition) is 5. The lowest BCUT2D eigenvalue weighted by Crippen LogP contribution is -2.36. The fraction of sp³-hybridized carbons (Fsp3) is 0.609. The molecule has 1 aromatic carbocycles. The van der Waals surface area contributed by atoms with E-state index in [1.54, 1.807) is 0 Å². The van der Waals surface area contributed by atoms with Crippen molar-refractivity contribution in [3.8, 4) is 11.3 Å². The van der Waals surface area contributed by atoms with Crippen molar-refractivity contribution < 1.29 is 5.11 Å². The summed E-state index contributed by atoms with van der Waals surface area (Å²) in [6.07, 6.45) is 3.39. The number of likely N-dealkylation sites (N-methyl/N-ethyl adjacent to an activating group) is 1. The average Bonchev–Trinajstić information content (AvgIpc) is 3.21. The quantitative estimate of drug-likeness (QED) is 0.805. The lowest BCUT2D eigenvalue weighted by atomic mass is 9.96. The number of likely N-dealkylation sites (tertiary alicyclic amines) is 1. The molecule has 6 heteroatoms. The van der Waals surface area contributed by atoms with Crippen molar-refractivity contribution in [2.45, 2.75) is 13.0 Å². The van der Waals surface area contributed by atoms with Gasteiger partial charge in [0.05, 0.1) is 5.69 Å². The predicted octanol–water partition coefficient (Wildman–Crippen LogP) is 1.76. The molecule has 0 spiro atoms. The minimum atomic E-state index is 0.285. The largest absolute Gasteiger partial charge is 0.396 e. The monoisotopic (exact) mass is 397 g/mol. The van der Waals surface area contributed by atoms with Crippen LogP contribution in [0.5, 0.6) is 0 Å². The van der Waals surface area contributed by atoms with Crippen LogP contribution in [0.15, 0.2) is 36.5 Å².